The van der Waals surface area contributed by atoms with Crippen LogP contribution < -0.4 is 10.1 Å². The molecule has 0 aliphatic rings. The molecule has 2 rings (SSSR count). The van der Waals surface area contributed by atoms with Gasteiger partial charge in [0.25, 0.3) is 0 Å². The number of hydrogen-bond acceptors (Lipinski definition) is 3. The van der Waals surface area contributed by atoms with Crippen LogP contribution in [0.2, 0.25) is 5.02 Å². The van der Waals surface area contributed by atoms with Gasteiger partial charge in [0.2, 0.25) is 5.91 Å². The maximum Gasteiger partial charge on any atom is 0.224 e. The zero-order valence-electron chi connectivity index (χ0n) is 14.3. The lowest BCUT2D eigenvalue weighted by Gasteiger charge is -2.25. The van der Waals surface area contributed by atoms with Crippen LogP contribution in [-0.4, -0.2) is 38.6 Å². The van der Waals surface area contributed by atoms with Gasteiger partial charge in [-0.2, -0.15) is 0 Å². The second kappa shape index (κ2) is 8.71. The molecular weight excluding hydrogens is 324 g/mol. The lowest BCUT2D eigenvalue weighted by atomic mass is 10.1. The van der Waals surface area contributed by atoms with E-state index in [1.165, 1.54) is 0 Å². The zero-order valence-corrected chi connectivity index (χ0v) is 15.0. The Morgan fingerprint density at radius 2 is 1.92 bits per heavy atom. The lowest BCUT2D eigenvalue weighted by Crippen LogP contribution is -2.35. The van der Waals surface area contributed by atoms with Crippen LogP contribution in [-0.2, 0) is 11.2 Å². The Morgan fingerprint density at radius 3 is 2.50 bits per heavy atom. The van der Waals surface area contributed by atoms with Crippen molar-refractivity contribution in [3.63, 3.8) is 0 Å². The number of carbonyl (C=O) groups excluding carboxylic acids is 1. The number of nitrogens with zero attached hydrogens (tertiary/aromatic N) is 1. The van der Waals surface area contributed by atoms with Crippen LogP contribution in [0.3, 0.4) is 0 Å². The van der Waals surface area contributed by atoms with Crippen LogP contribution >= 0.6 is 11.6 Å². The average Bonchev–Trinajstić information content (AvgIpc) is 2.55. The molecule has 128 valence electrons. The number of nitrogens with one attached hydrogen (secondary N) is 1. The SMILES string of the molecule is COc1ccc(CC(=O)NCC(c2cccc(Cl)c2)N(C)C)cc1. The molecule has 0 aliphatic heterocycles. The normalized spacial score (nSPS) is 12.0. The fraction of sp³-hybridized carbons (Fsp3) is 0.316. The van der Waals surface area contributed by atoms with Gasteiger partial charge < -0.3 is 15.0 Å². The molecule has 2 aromatic carbocycles. The van der Waals surface area contributed by atoms with Crippen LogP contribution in [0, 0.1) is 0 Å². The molecule has 0 spiro atoms. The highest BCUT2D eigenvalue weighted by molar-refractivity contribution is 6.30. The Morgan fingerprint density at radius 1 is 1.21 bits per heavy atom. The van der Waals surface area contributed by atoms with Gasteiger partial charge in [0.15, 0.2) is 0 Å². The summed E-state index contributed by atoms with van der Waals surface area (Å²) in [5.74, 6) is 0.779. The van der Waals surface area contributed by atoms with Crippen molar-refractivity contribution < 1.29 is 9.53 Å². The van der Waals surface area contributed by atoms with E-state index < -0.39 is 0 Å². The summed E-state index contributed by atoms with van der Waals surface area (Å²) in [6.45, 7) is 0.530. The third kappa shape index (κ3) is 5.25. The van der Waals surface area contributed by atoms with Crippen LogP contribution in [0.1, 0.15) is 17.2 Å². The molecular formula is C19H23ClN2O2. The van der Waals surface area contributed by atoms with Gasteiger partial charge in [-0.05, 0) is 49.5 Å². The van der Waals surface area contributed by atoms with E-state index in [4.69, 9.17) is 16.3 Å². The summed E-state index contributed by atoms with van der Waals surface area (Å²) in [7, 11) is 5.60. The minimum absolute atomic E-state index is 0.00551. The number of halogens is 1. The molecule has 0 heterocycles. The lowest BCUT2D eigenvalue weighted by molar-refractivity contribution is -0.120. The molecule has 0 aromatic heterocycles. The number of carbonyl (C=O) groups is 1. The summed E-state index contributed by atoms with van der Waals surface area (Å²) in [4.78, 5) is 14.3. The smallest absolute Gasteiger partial charge is 0.224 e. The molecule has 0 saturated carbocycles. The van der Waals surface area contributed by atoms with Crippen LogP contribution in [0.4, 0.5) is 0 Å². The topological polar surface area (TPSA) is 41.6 Å². The number of methoxy groups -OCH3 is 1. The molecule has 4 nitrogen and oxygen atoms in total. The minimum Gasteiger partial charge on any atom is -0.497 e. The van der Waals surface area contributed by atoms with Crippen molar-refractivity contribution in [2.75, 3.05) is 27.7 Å². The standard InChI is InChI=1S/C19H23ClN2O2/c1-22(2)18(15-5-4-6-16(20)12-15)13-21-19(23)11-14-7-9-17(24-3)10-8-14/h4-10,12,18H,11,13H2,1-3H3,(H,21,23). The number of hydrogen-bond donors (Lipinski definition) is 1. The molecule has 24 heavy (non-hydrogen) atoms. The van der Waals surface area contributed by atoms with Gasteiger partial charge in [-0.15, -0.1) is 0 Å². The van der Waals surface area contributed by atoms with E-state index in [9.17, 15) is 4.79 Å². The van der Waals surface area contributed by atoms with Gasteiger partial charge in [0, 0.05) is 11.6 Å². The quantitative estimate of drug-likeness (QED) is 0.836. The Balaban J connectivity index is 1.94. The summed E-state index contributed by atoms with van der Waals surface area (Å²) in [5, 5.41) is 3.70. The van der Waals surface area contributed by atoms with Crippen LogP contribution in [0.5, 0.6) is 5.75 Å². The highest BCUT2D eigenvalue weighted by Gasteiger charge is 2.15. The molecule has 2 aromatic rings. The van der Waals surface area contributed by atoms with Crippen molar-refractivity contribution in [1.82, 2.24) is 10.2 Å². The van der Waals surface area contributed by atoms with Crippen LogP contribution in [0.15, 0.2) is 48.5 Å². The van der Waals surface area contributed by atoms with E-state index in [2.05, 4.69) is 10.2 Å². The Hall–Kier alpha value is -2.04. The van der Waals surface area contributed by atoms with Gasteiger partial charge >= 0.3 is 0 Å². The molecule has 1 N–H and O–H groups in total. The van der Waals surface area contributed by atoms with E-state index in [0.717, 1.165) is 16.9 Å². The first-order valence-electron chi connectivity index (χ1n) is 7.81. The number of ether oxygens (including phenoxy) is 1. The summed E-state index contributed by atoms with van der Waals surface area (Å²) >= 11 is 6.07. The average molecular weight is 347 g/mol. The summed E-state index contributed by atoms with van der Waals surface area (Å²) in [6.07, 6.45) is 0.347. The zero-order chi connectivity index (χ0) is 17.5. The van der Waals surface area contributed by atoms with E-state index in [-0.39, 0.29) is 11.9 Å². The van der Waals surface area contributed by atoms with E-state index in [1.807, 2.05) is 62.6 Å². The Kier molecular flexibility index (Phi) is 6.64. The van der Waals surface area contributed by atoms with Gasteiger partial charge in [0.05, 0.1) is 19.6 Å². The predicted octanol–water partition coefficient (Wildman–Crippen LogP) is 3.31. The highest BCUT2D eigenvalue weighted by Crippen LogP contribution is 2.21. The minimum atomic E-state index is -0.00551. The summed E-state index contributed by atoms with van der Waals surface area (Å²) in [6, 6.07) is 15.3. The van der Waals surface area contributed by atoms with Gasteiger partial charge in [0.1, 0.15) is 5.75 Å². The van der Waals surface area contributed by atoms with Gasteiger partial charge in [-0.1, -0.05) is 35.9 Å². The molecule has 0 radical (unpaired) electrons. The maximum atomic E-state index is 12.2. The van der Waals surface area contributed by atoms with Gasteiger partial charge in [-0.3, -0.25) is 4.79 Å². The molecule has 0 bridgehead atoms. The second-order valence-electron chi connectivity index (χ2n) is 5.86. The highest BCUT2D eigenvalue weighted by atomic mass is 35.5. The van der Waals surface area contributed by atoms with Crippen molar-refractivity contribution in [2.45, 2.75) is 12.5 Å². The molecule has 5 heteroatoms. The van der Waals surface area contributed by atoms with Crippen molar-refractivity contribution in [1.29, 1.82) is 0 Å². The largest absolute Gasteiger partial charge is 0.497 e. The second-order valence-corrected chi connectivity index (χ2v) is 6.30. The van der Waals surface area contributed by atoms with Crippen molar-refractivity contribution in [2.24, 2.45) is 0 Å². The fourth-order valence-electron chi connectivity index (χ4n) is 2.51. The van der Waals surface area contributed by atoms with E-state index in [0.29, 0.717) is 18.0 Å². The number of rotatable bonds is 7. The molecule has 1 unspecified atom stereocenters. The monoisotopic (exact) mass is 346 g/mol. The molecule has 1 atom stereocenters. The first-order valence-corrected chi connectivity index (χ1v) is 8.19. The van der Waals surface area contributed by atoms with Crippen molar-refractivity contribution in [3.8, 4) is 5.75 Å². The molecule has 1 amide bonds. The number of likely N-dealkylation sites (N-methyl/N-ethyl adjacent to an activating group) is 1. The molecule has 0 saturated heterocycles. The molecule has 0 fully saturated rings. The third-order valence-electron chi connectivity index (χ3n) is 3.87. The van der Waals surface area contributed by atoms with Crippen LogP contribution in [0.25, 0.3) is 0 Å². The Bertz CT molecular complexity index is 671. The predicted molar refractivity (Wildman–Crippen MR) is 97.6 cm³/mol. The van der Waals surface area contributed by atoms with Crippen molar-refractivity contribution in [3.05, 3.63) is 64.7 Å². The fourth-order valence-corrected chi connectivity index (χ4v) is 2.71. The Labute approximate surface area is 148 Å². The maximum absolute atomic E-state index is 12.2. The number of benzene rings is 2. The summed E-state index contributed by atoms with van der Waals surface area (Å²) < 4.78 is 5.12. The number of amides is 1. The van der Waals surface area contributed by atoms with E-state index >= 15 is 0 Å². The molecule has 0 aliphatic carbocycles. The van der Waals surface area contributed by atoms with E-state index in [1.54, 1.807) is 7.11 Å². The third-order valence-corrected chi connectivity index (χ3v) is 4.11. The first kappa shape index (κ1) is 18.3. The van der Waals surface area contributed by atoms with Gasteiger partial charge in [-0.25, -0.2) is 0 Å². The first-order chi connectivity index (χ1) is 11.5. The van der Waals surface area contributed by atoms with Crippen molar-refractivity contribution >= 4 is 17.5 Å². The summed E-state index contributed by atoms with van der Waals surface area (Å²) in [5.41, 5.74) is 2.04.